The van der Waals surface area contributed by atoms with Gasteiger partial charge in [-0.05, 0) is 30.3 Å². The summed E-state index contributed by atoms with van der Waals surface area (Å²) in [6.45, 7) is 0. The summed E-state index contributed by atoms with van der Waals surface area (Å²) < 4.78 is 42.9. The van der Waals surface area contributed by atoms with E-state index in [-0.39, 0.29) is 10.8 Å². The van der Waals surface area contributed by atoms with Crippen molar-refractivity contribution >= 4 is 26.6 Å². The average molecular weight is 306 g/mol. The fourth-order valence-corrected chi connectivity index (χ4v) is 3.15. The van der Waals surface area contributed by atoms with Crippen molar-refractivity contribution in [2.75, 3.05) is 5.73 Å². The third-order valence-corrected chi connectivity index (χ3v) is 4.52. The highest BCUT2D eigenvalue weighted by Gasteiger charge is 2.19. The minimum atomic E-state index is -3.72. The third-order valence-electron chi connectivity index (χ3n) is 2.93. The van der Waals surface area contributed by atoms with Crippen LogP contribution in [0.2, 0.25) is 0 Å². The topological polar surface area (TPSA) is 86.2 Å². The summed E-state index contributed by atoms with van der Waals surface area (Å²) in [5.41, 5.74) is 7.06. The van der Waals surface area contributed by atoms with E-state index >= 15 is 0 Å². The number of halogens is 1. The number of fused-ring (bicyclic) bond motifs is 1. The fraction of sp³-hybridized carbons (Fsp3) is 0.0714. The number of hydrogen-bond acceptors (Lipinski definition) is 5. The first-order valence-corrected chi connectivity index (χ1v) is 7.72. The first-order chi connectivity index (χ1) is 9.94. The molecule has 5 nitrogen and oxygen atoms in total. The van der Waals surface area contributed by atoms with Crippen LogP contribution in [-0.2, 0) is 15.6 Å². The molecule has 108 valence electrons. The van der Waals surface area contributed by atoms with Gasteiger partial charge in [0.1, 0.15) is 17.1 Å². The first-order valence-electron chi connectivity index (χ1n) is 6.07. The van der Waals surface area contributed by atoms with E-state index in [0.717, 1.165) is 6.07 Å². The molecule has 0 saturated carbocycles. The maximum atomic E-state index is 13.1. The zero-order valence-electron chi connectivity index (χ0n) is 10.8. The Balaban J connectivity index is 1.97. The van der Waals surface area contributed by atoms with Crippen LogP contribution in [0, 0.1) is 5.82 Å². The predicted octanol–water partition coefficient (Wildman–Crippen LogP) is 2.52. The van der Waals surface area contributed by atoms with Crippen molar-refractivity contribution in [3.8, 4) is 0 Å². The molecule has 2 N–H and O–H groups in total. The Morgan fingerprint density at radius 3 is 2.76 bits per heavy atom. The number of aromatic nitrogens is 1. The monoisotopic (exact) mass is 306 g/mol. The predicted molar refractivity (Wildman–Crippen MR) is 75.7 cm³/mol. The maximum absolute atomic E-state index is 13.1. The van der Waals surface area contributed by atoms with Gasteiger partial charge >= 0.3 is 0 Å². The molecule has 0 bridgehead atoms. The maximum Gasteiger partial charge on any atom is 0.211 e. The van der Waals surface area contributed by atoms with Gasteiger partial charge in [0.25, 0.3) is 0 Å². The van der Waals surface area contributed by atoms with Crippen molar-refractivity contribution in [2.24, 2.45) is 0 Å². The molecule has 3 rings (SSSR count). The number of anilines is 1. The summed E-state index contributed by atoms with van der Waals surface area (Å²) >= 11 is 0. The lowest BCUT2D eigenvalue weighted by molar-refractivity contribution is 0.539. The highest BCUT2D eigenvalue weighted by atomic mass is 32.2. The standard InChI is InChI=1S/C14H11FN2O3S/c15-9-2-1-3-11(6-9)21(18,19)8-14-17-12-5-4-10(16)7-13(12)20-14/h1-7H,8,16H2. The summed E-state index contributed by atoms with van der Waals surface area (Å²) in [6.07, 6.45) is 0. The molecule has 0 unspecified atom stereocenters. The van der Waals surface area contributed by atoms with Crippen LogP contribution in [0.25, 0.3) is 11.1 Å². The largest absolute Gasteiger partial charge is 0.439 e. The fourth-order valence-electron chi connectivity index (χ4n) is 1.96. The molecule has 21 heavy (non-hydrogen) atoms. The van der Waals surface area contributed by atoms with E-state index in [1.807, 2.05) is 0 Å². The Hall–Kier alpha value is -2.41. The number of sulfone groups is 1. The molecule has 0 fully saturated rings. The molecule has 1 aromatic heterocycles. The Morgan fingerprint density at radius 1 is 1.19 bits per heavy atom. The Labute approximate surface area is 120 Å². The van der Waals surface area contributed by atoms with E-state index in [1.165, 1.54) is 18.2 Å². The van der Waals surface area contributed by atoms with Crippen LogP contribution in [0.5, 0.6) is 0 Å². The Morgan fingerprint density at radius 2 is 2.00 bits per heavy atom. The van der Waals surface area contributed by atoms with Gasteiger partial charge in [0, 0.05) is 11.8 Å². The highest BCUT2D eigenvalue weighted by Crippen LogP contribution is 2.22. The zero-order valence-corrected chi connectivity index (χ0v) is 11.6. The van der Waals surface area contributed by atoms with Gasteiger partial charge in [0.15, 0.2) is 15.4 Å². The lowest BCUT2D eigenvalue weighted by Crippen LogP contribution is -2.05. The number of rotatable bonds is 3. The second-order valence-corrected chi connectivity index (χ2v) is 6.54. The van der Waals surface area contributed by atoms with E-state index in [2.05, 4.69) is 4.98 Å². The summed E-state index contributed by atoms with van der Waals surface area (Å²) in [7, 11) is -3.72. The molecule has 7 heteroatoms. The molecular formula is C14H11FN2O3S. The van der Waals surface area contributed by atoms with E-state index in [0.29, 0.717) is 16.8 Å². The number of hydrogen-bond donors (Lipinski definition) is 1. The van der Waals surface area contributed by atoms with E-state index in [4.69, 9.17) is 10.2 Å². The molecule has 0 amide bonds. The van der Waals surface area contributed by atoms with Crippen LogP contribution in [0.3, 0.4) is 0 Å². The lowest BCUT2D eigenvalue weighted by atomic mass is 10.3. The number of nitrogen functional groups attached to an aromatic ring is 1. The van der Waals surface area contributed by atoms with Gasteiger partial charge in [-0.25, -0.2) is 17.8 Å². The Kier molecular flexibility index (Phi) is 3.13. The molecule has 0 atom stereocenters. The normalized spacial score (nSPS) is 11.9. The SMILES string of the molecule is Nc1ccc2nc(CS(=O)(=O)c3cccc(F)c3)oc2c1. The molecule has 2 aromatic carbocycles. The quantitative estimate of drug-likeness (QED) is 0.751. The van der Waals surface area contributed by atoms with Gasteiger partial charge < -0.3 is 10.2 Å². The summed E-state index contributed by atoms with van der Waals surface area (Å²) in [4.78, 5) is 3.98. The van der Waals surface area contributed by atoms with Crippen molar-refractivity contribution in [2.45, 2.75) is 10.6 Å². The minimum absolute atomic E-state index is 0.0415. The molecule has 0 spiro atoms. The first kappa shape index (κ1) is 13.6. The highest BCUT2D eigenvalue weighted by molar-refractivity contribution is 7.90. The zero-order chi connectivity index (χ0) is 15.0. The van der Waals surface area contributed by atoms with Crippen molar-refractivity contribution in [3.05, 3.63) is 54.2 Å². The number of benzene rings is 2. The van der Waals surface area contributed by atoms with Gasteiger partial charge in [0.05, 0.1) is 4.90 Å². The lowest BCUT2D eigenvalue weighted by Gasteiger charge is -2.01. The molecule has 3 aromatic rings. The molecular weight excluding hydrogens is 295 g/mol. The molecule has 0 saturated heterocycles. The minimum Gasteiger partial charge on any atom is -0.439 e. The molecule has 0 radical (unpaired) electrons. The number of oxazole rings is 1. The van der Waals surface area contributed by atoms with Crippen molar-refractivity contribution in [1.29, 1.82) is 0 Å². The van der Waals surface area contributed by atoms with Crippen LogP contribution >= 0.6 is 0 Å². The van der Waals surface area contributed by atoms with E-state index in [9.17, 15) is 12.8 Å². The molecule has 0 aliphatic rings. The average Bonchev–Trinajstić information content (AvgIpc) is 2.79. The van der Waals surface area contributed by atoms with Crippen LogP contribution in [0.4, 0.5) is 10.1 Å². The molecule has 0 aliphatic heterocycles. The van der Waals surface area contributed by atoms with Crippen LogP contribution < -0.4 is 5.73 Å². The summed E-state index contributed by atoms with van der Waals surface area (Å²) in [6, 6.07) is 9.69. The molecule has 1 heterocycles. The summed E-state index contributed by atoms with van der Waals surface area (Å²) in [5.74, 6) is -1.01. The second-order valence-electron chi connectivity index (χ2n) is 4.55. The van der Waals surface area contributed by atoms with Gasteiger partial charge in [-0.1, -0.05) is 6.07 Å². The summed E-state index contributed by atoms with van der Waals surface area (Å²) in [5, 5.41) is 0. The van der Waals surface area contributed by atoms with Gasteiger partial charge in [-0.3, -0.25) is 0 Å². The van der Waals surface area contributed by atoms with Crippen molar-refractivity contribution in [3.63, 3.8) is 0 Å². The Bertz CT molecular complexity index is 919. The number of nitrogens with zero attached hydrogens (tertiary/aromatic N) is 1. The molecule has 0 aliphatic carbocycles. The van der Waals surface area contributed by atoms with E-state index < -0.39 is 21.4 Å². The van der Waals surface area contributed by atoms with Crippen molar-refractivity contribution < 1.29 is 17.2 Å². The van der Waals surface area contributed by atoms with Crippen molar-refractivity contribution in [1.82, 2.24) is 4.98 Å². The second kappa shape index (κ2) is 4.85. The van der Waals surface area contributed by atoms with Crippen LogP contribution in [0.1, 0.15) is 5.89 Å². The smallest absolute Gasteiger partial charge is 0.211 e. The van der Waals surface area contributed by atoms with Gasteiger partial charge in [-0.2, -0.15) is 0 Å². The van der Waals surface area contributed by atoms with Crippen LogP contribution in [-0.4, -0.2) is 13.4 Å². The number of nitrogens with two attached hydrogens (primary N) is 1. The van der Waals surface area contributed by atoms with Crippen LogP contribution in [0.15, 0.2) is 51.8 Å². The van der Waals surface area contributed by atoms with Gasteiger partial charge in [0.2, 0.25) is 5.89 Å². The third kappa shape index (κ3) is 2.73. The van der Waals surface area contributed by atoms with Gasteiger partial charge in [-0.15, -0.1) is 0 Å². The van der Waals surface area contributed by atoms with E-state index in [1.54, 1.807) is 18.2 Å².